The van der Waals surface area contributed by atoms with Crippen LogP contribution in [0.2, 0.25) is 0 Å². The van der Waals surface area contributed by atoms with Crippen molar-refractivity contribution in [2.45, 2.75) is 26.7 Å². The van der Waals surface area contributed by atoms with Crippen molar-refractivity contribution in [2.75, 3.05) is 23.3 Å². The second-order valence-electron chi connectivity index (χ2n) is 5.78. The summed E-state index contributed by atoms with van der Waals surface area (Å²) in [4.78, 5) is 6.80. The van der Waals surface area contributed by atoms with Gasteiger partial charge >= 0.3 is 0 Å². The van der Waals surface area contributed by atoms with Gasteiger partial charge in [-0.1, -0.05) is 32.0 Å². The third-order valence-electron chi connectivity index (χ3n) is 3.71. The third kappa shape index (κ3) is 3.12. The Morgan fingerprint density at radius 2 is 2.14 bits per heavy atom. The first-order valence-electron chi connectivity index (χ1n) is 7.53. The molecule has 0 bridgehead atoms. The molecule has 0 aliphatic carbocycles. The lowest BCUT2D eigenvalue weighted by Crippen LogP contribution is -2.17. The Bertz CT molecular complexity index is 611. The lowest BCUT2D eigenvalue weighted by Gasteiger charge is -2.18. The lowest BCUT2D eigenvalue weighted by atomic mass is 10.1. The highest BCUT2D eigenvalue weighted by molar-refractivity contribution is 5.67. The summed E-state index contributed by atoms with van der Waals surface area (Å²) in [6.07, 6.45) is 3.88. The summed E-state index contributed by atoms with van der Waals surface area (Å²) in [6, 6.07) is 8.45. The molecule has 1 aromatic heterocycles. The normalized spacial score (nSPS) is 13.6. The molecule has 3 rings (SSSR count). The standard InChI is InChI=1S/C16H21N5/c1-12(2)7-9-17-16-19-15(11-18-20-16)21-10-8-13-5-3-4-6-14(13)21/h3-6,11-12H,7-10H2,1-2H3,(H,17,19,20). The van der Waals surface area contributed by atoms with Gasteiger partial charge in [-0.2, -0.15) is 10.1 Å². The minimum Gasteiger partial charge on any atom is -0.353 e. The molecule has 1 aliphatic heterocycles. The fourth-order valence-electron chi connectivity index (χ4n) is 2.55. The zero-order chi connectivity index (χ0) is 14.7. The molecule has 5 nitrogen and oxygen atoms in total. The van der Waals surface area contributed by atoms with E-state index in [1.165, 1.54) is 11.3 Å². The second-order valence-corrected chi connectivity index (χ2v) is 5.78. The van der Waals surface area contributed by atoms with Crippen LogP contribution >= 0.6 is 0 Å². The Morgan fingerprint density at radius 1 is 1.29 bits per heavy atom. The van der Waals surface area contributed by atoms with E-state index >= 15 is 0 Å². The van der Waals surface area contributed by atoms with Gasteiger partial charge in [0.05, 0.1) is 6.20 Å². The Labute approximate surface area is 125 Å². The average molecular weight is 283 g/mol. The van der Waals surface area contributed by atoms with E-state index in [9.17, 15) is 0 Å². The van der Waals surface area contributed by atoms with Gasteiger partial charge in [0, 0.05) is 18.8 Å². The van der Waals surface area contributed by atoms with Gasteiger partial charge < -0.3 is 10.2 Å². The lowest BCUT2D eigenvalue weighted by molar-refractivity contribution is 0.605. The molecule has 0 saturated heterocycles. The highest BCUT2D eigenvalue weighted by Gasteiger charge is 2.21. The highest BCUT2D eigenvalue weighted by atomic mass is 15.3. The predicted octanol–water partition coefficient (Wildman–Crippen LogP) is 3.02. The van der Waals surface area contributed by atoms with Crippen molar-refractivity contribution in [1.29, 1.82) is 0 Å². The number of anilines is 3. The smallest absolute Gasteiger partial charge is 0.244 e. The minimum absolute atomic E-state index is 0.609. The number of rotatable bonds is 5. The molecule has 0 radical (unpaired) electrons. The first-order valence-corrected chi connectivity index (χ1v) is 7.53. The molecule has 1 N–H and O–H groups in total. The summed E-state index contributed by atoms with van der Waals surface area (Å²) in [6.45, 7) is 6.24. The van der Waals surface area contributed by atoms with Gasteiger partial charge in [-0.25, -0.2) is 0 Å². The quantitative estimate of drug-likeness (QED) is 0.914. The predicted molar refractivity (Wildman–Crippen MR) is 84.9 cm³/mol. The van der Waals surface area contributed by atoms with E-state index in [-0.39, 0.29) is 0 Å². The van der Waals surface area contributed by atoms with Crippen LogP contribution in [0.25, 0.3) is 0 Å². The van der Waals surface area contributed by atoms with Gasteiger partial charge in [-0.05, 0) is 30.4 Å². The summed E-state index contributed by atoms with van der Waals surface area (Å²) in [5.41, 5.74) is 2.59. The number of hydrogen-bond donors (Lipinski definition) is 1. The van der Waals surface area contributed by atoms with Crippen molar-refractivity contribution in [3.05, 3.63) is 36.0 Å². The van der Waals surface area contributed by atoms with Gasteiger partial charge in [-0.15, -0.1) is 5.10 Å². The molecule has 21 heavy (non-hydrogen) atoms. The SMILES string of the molecule is CC(C)CCNc1nncc(N2CCc3ccccc32)n1. The number of aromatic nitrogens is 3. The van der Waals surface area contributed by atoms with E-state index < -0.39 is 0 Å². The van der Waals surface area contributed by atoms with Crippen molar-refractivity contribution in [3.63, 3.8) is 0 Å². The third-order valence-corrected chi connectivity index (χ3v) is 3.71. The van der Waals surface area contributed by atoms with Crippen molar-refractivity contribution in [1.82, 2.24) is 15.2 Å². The fourth-order valence-corrected chi connectivity index (χ4v) is 2.55. The molecular weight excluding hydrogens is 262 g/mol. The van der Waals surface area contributed by atoms with Gasteiger partial charge in [-0.3, -0.25) is 0 Å². The Hall–Kier alpha value is -2.17. The van der Waals surface area contributed by atoms with Crippen LogP contribution in [0.5, 0.6) is 0 Å². The summed E-state index contributed by atoms with van der Waals surface area (Å²) in [7, 11) is 0. The molecule has 0 saturated carbocycles. The molecule has 5 heteroatoms. The Morgan fingerprint density at radius 3 is 3.00 bits per heavy atom. The number of nitrogens with one attached hydrogen (secondary N) is 1. The van der Waals surface area contributed by atoms with Crippen molar-refractivity contribution in [3.8, 4) is 0 Å². The van der Waals surface area contributed by atoms with Crippen LogP contribution in [-0.4, -0.2) is 28.3 Å². The van der Waals surface area contributed by atoms with Crippen molar-refractivity contribution in [2.24, 2.45) is 5.92 Å². The number of para-hydroxylation sites is 1. The van der Waals surface area contributed by atoms with E-state index in [1.54, 1.807) is 6.20 Å². The van der Waals surface area contributed by atoms with Crippen LogP contribution in [0.3, 0.4) is 0 Å². The topological polar surface area (TPSA) is 53.9 Å². The molecule has 0 unspecified atom stereocenters. The van der Waals surface area contributed by atoms with Crippen LogP contribution < -0.4 is 10.2 Å². The molecule has 110 valence electrons. The molecule has 2 heterocycles. The van der Waals surface area contributed by atoms with E-state index in [2.05, 4.69) is 63.5 Å². The molecule has 0 amide bonds. The van der Waals surface area contributed by atoms with Crippen molar-refractivity contribution < 1.29 is 0 Å². The largest absolute Gasteiger partial charge is 0.353 e. The maximum absolute atomic E-state index is 4.59. The van der Waals surface area contributed by atoms with Gasteiger partial charge in [0.25, 0.3) is 0 Å². The first kappa shape index (κ1) is 13.8. The maximum atomic E-state index is 4.59. The zero-order valence-electron chi connectivity index (χ0n) is 12.6. The molecule has 0 fully saturated rings. The van der Waals surface area contributed by atoms with E-state index in [1.807, 2.05) is 0 Å². The van der Waals surface area contributed by atoms with Gasteiger partial charge in [0.2, 0.25) is 5.95 Å². The van der Waals surface area contributed by atoms with Crippen LogP contribution in [0.1, 0.15) is 25.8 Å². The van der Waals surface area contributed by atoms with Gasteiger partial charge in [0.15, 0.2) is 5.82 Å². The van der Waals surface area contributed by atoms with Crippen LogP contribution in [0.15, 0.2) is 30.5 Å². The molecule has 0 atom stereocenters. The summed E-state index contributed by atoms with van der Waals surface area (Å²) in [5.74, 6) is 2.14. The maximum Gasteiger partial charge on any atom is 0.244 e. The number of nitrogens with zero attached hydrogens (tertiary/aromatic N) is 4. The molecular formula is C16H21N5. The van der Waals surface area contributed by atoms with Crippen molar-refractivity contribution >= 4 is 17.5 Å². The minimum atomic E-state index is 0.609. The fraction of sp³-hybridized carbons (Fsp3) is 0.438. The monoisotopic (exact) mass is 283 g/mol. The van der Waals surface area contributed by atoms with Crippen LogP contribution in [0, 0.1) is 5.92 Å². The number of benzene rings is 1. The van der Waals surface area contributed by atoms with Gasteiger partial charge in [0.1, 0.15) is 0 Å². The first-order chi connectivity index (χ1) is 10.2. The molecule has 1 aliphatic rings. The number of fused-ring (bicyclic) bond motifs is 1. The Balaban J connectivity index is 1.75. The summed E-state index contributed by atoms with van der Waals surface area (Å²) in [5, 5.41) is 11.4. The average Bonchev–Trinajstić information content (AvgIpc) is 2.91. The summed E-state index contributed by atoms with van der Waals surface area (Å²) < 4.78 is 0. The second kappa shape index (κ2) is 6.08. The van der Waals surface area contributed by atoms with E-state index in [0.717, 1.165) is 31.7 Å². The molecule has 1 aromatic carbocycles. The number of hydrogen-bond acceptors (Lipinski definition) is 5. The highest BCUT2D eigenvalue weighted by Crippen LogP contribution is 2.32. The van der Waals surface area contributed by atoms with E-state index in [4.69, 9.17) is 0 Å². The zero-order valence-corrected chi connectivity index (χ0v) is 12.6. The molecule has 0 spiro atoms. The van der Waals surface area contributed by atoms with Crippen LogP contribution in [0.4, 0.5) is 17.5 Å². The summed E-state index contributed by atoms with van der Waals surface area (Å²) >= 11 is 0. The molecule has 2 aromatic rings. The van der Waals surface area contributed by atoms with Crippen LogP contribution in [-0.2, 0) is 6.42 Å². The van der Waals surface area contributed by atoms with E-state index in [0.29, 0.717) is 11.9 Å². The Kier molecular flexibility index (Phi) is 3.99.